The highest BCUT2D eigenvalue weighted by Gasteiger charge is 1.96. The maximum Gasteiger partial charge on any atom is 0.0591 e. The first-order chi connectivity index (χ1) is 5.31. The summed E-state index contributed by atoms with van der Waals surface area (Å²) in [6, 6.07) is 0.391. The molecule has 0 aliphatic rings. The molecule has 0 saturated heterocycles. The molecule has 0 aliphatic carbocycles. The van der Waals surface area contributed by atoms with Crippen molar-refractivity contribution in [2.45, 2.75) is 26.3 Å². The van der Waals surface area contributed by atoms with E-state index in [1.165, 1.54) is 0 Å². The first kappa shape index (κ1) is 11.2. The van der Waals surface area contributed by atoms with E-state index in [-0.39, 0.29) is 0 Å². The molecule has 0 amide bonds. The molecule has 2 nitrogen and oxygen atoms in total. The van der Waals surface area contributed by atoms with E-state index in [1.807, 2.05) is 0 Å². The van der Waals surface area contributed by atoms with Crippen LogP contribution in [-0.2, 0) is 4.74 Å². The molecule has 0 bridgehead atoms. The number of hydrogen-bond acceptors (Lipinski definition) is 2. The van der Waals surface area contributed by atoms with Crippen LogP contribution < -0.4 is 5.32 Å². The molecule has 11 heavy (non-hydrogen) atoms. The minimum atomic E-state index is 0.391. The normalized spacial score (nSPS) is 13.4. The standard InChI is InChI=1S/C8H18ClNO/c1-3-5-11-6-4-10-8(2)7-9/h8,10H,3-7H2,1-2H3. The van der Waals surface area contributed by atoms with E-state index in [9.17, 15) is 0 Å². The third-order valence-electron chi connectivity index (χ3n) is 1.32. The van der Waals surface area contributed by atoms with Crippen LogP contribution in [0.5, 0.6) is 0 Å². The molecule has 3 heteroatoms. The highest BCUT2D eigenvalue weighted by atomic mass is 35.5. The Morgan fingerprint density at radius 3 is 2.73 bits per heavy atom. The van der Waals surface area contributed by atoms with Crippen LogP contribution in [0.2, 0.25) is 0 Å². The van der Waals surface area contributed by atoms with Crippen LogP contribution in [0.25, 0.3) is 0 Å². The Morgan fingerprint density at radius 1 is 1.45 bits per heavy atom. The van der Waals surface area contributed by atoms with Crippen LogP contribution in [0, 0.1) is 0 Å². The number of alkyl halides is 1. The van der Waals surface area contributed by atoms with E-state index >= 15 is 0 Å². The van der Waals surface area contributed by atoms with Crippen LogP contribution in [-0.4, -0.2) is 31.7 Å². The molecule has 0 radical (unpaired) electrons. The van der Waals surface area contributed by atoms with Gasteiger partial charge in [0.05, 0.1) is 6.61 Å². The van der Waals surface area contributed by atoms with Crippen molar-refractivity contribution >= 4 is 11.6 Å². The van der Waals surface area contributed by atoms with E-state index in [4.69, 9.17) is 16.3 Å². The van der Waals surface area contributed by atoms with Crippen LogP contribution in [0.15, 0.2) is 0 Å². The van der Waals surface area contributed by atoms with Crippen molar-refractivity contribution in [1.82, 2.24) is 5.32 Å². The molecule has 1 unspecified atom stereocenters. The van der Waals surface area contributed by atoms with Gasteiger partial charge >= 0.3 is 0 Å². The molecule has 0 heterocycles. The first-order valence-electron chi connectivity index (χ1n) is 4.18. The molecule has 1 atom stereocenters. The highest BCUT2D eigenvalue weighted by molar-refractivity contribution is 6.18. The van der Waals surface area contributed by atoms with E-state index in [0.29, 0.717) is 11.9 Å². The van der Waals surface area contributed by atoms with Crippen molar-refractivity contribution in [3.05, 3.63) is 0 Å². The zero-order valence-corrected chi connectivity index (χ0v) is 8.16. The molecule has 0 aliphatic heterocycles. The number of hydrogen-bond donors (Lipinski definition) is 1. The molecule has 0 aromatic rings. The Hall–Kier alpha value is 0.210. The Balaban J connectivity index is 2.89. The minimum absolute atomic E-state index is 0.391. The lowest BCUT2D eigenvalue weighted by Crippen LogP contribution is -2.30. The first-order valence-corrected chi connectivity index (χ1v) is 4.71. The molecule has 0 rings (SSSR count). The van der Waals surface area contributed by atoms with Gasteiger partial charge in [-0.05, 0) is 13.3 Å². The van der Waals surface area contributed by atoms with Crippen molar-refractivity contribution in [3.63, 3.8) is 0 Å². The van der Waals surface area contributed by atoms with Crippen LogP contribution in [0.1, 0.15) is 20.3 Å². The second-order valence-corrected chi connectivity index (χ2v) is 2.93. The summed E-state index contributed by atoms with van der Waals surface area (Å²) in [5.74, 6) is 0.660. The molecule has 0 saturated carbocycles. The van der Waals surface area contributed by atoms with Gasteiger partial charge < -0.3 is 10.1 Å². The fourth-order valence-electron chi connectivity index (χ4n) is 0.678. The largest absolute Gasteiger partial charge is 0.380 e. The van der Waals surface area contributed by atoms with Gasteiger partial charge in [-0.2, -0.15) is 0 Å². The third-order valence-corrected chi connectivity index (χ3v) is 1.78. The summed E-state index contributed by atoms with van der Waals surface area (Å²) in [7, 11) is 0. The third kappa shape index (κ3) is 8.11. The fourth-order valence-corrected chi connectivity index (χ4v) is 0.788. The molecule has 68 valence electrons. The van der Waals surface area contributed by atoms with Crippen molar-refractivity contribution in [3.8, 4) is 0 Å². The summed E-state index contributed by atoms with van der Waals surface area (Å²) < 4.78 is 5.27. The second kappa shape index (κ2) is 8.31. The van der Waals surface area contributed by atoms with Crippen molar-refractivity contribution in [2.24, 2.45) is 0 Å². The Labute approximate surface area is 74.3 Å². The summed E-state index contributed by atoms with van der Waals surface area (Å²) >= 11 is 5.59. The monoisotopic (exact) mass is 179 g/mol. The van der Waals surface area contributed by atoms with Gasteiger partial charge in [-0.1, -0.05) is 6.92 Å². The summed E-state index contributed by atoms with van der Waals surface area (Å²) in [6.07, 6.45) is 1.09. The van der Waals surface area contributed by atoms with Gasteiger partial charge in [0.25, 0.3) is 0 Å². The number of rotatable bonds is 7. The lowest BCUT2D eigenvalue weighted by Gasteiger charge is -2.09. The van der Waals surface area contributed by atoms with Gasteiger partial charge in [-0.15, -0.1) is 11.6 Å². The lowest BCUT2D eigenvalue weighted by molar-refractivity contribution is 0.135. The van der Waals surface area contributed by atoms with Gasteiger partial charge in [0.2, 0.25) is 0 Å². The summed E-state index contributed by atoms with van der Waals surface area (Å²) in [6.45, 7) is 6.71. The van der Waals surface area contributed by atoms with Gasteiger partial charge in [0.15, 0.2) is 0 Å². The predicted octanol–water partition coefficient (Wildman–Crippen LogP) is 1.63. The van der Waals surface area contributed by atoms with Crippen LogP contribution in [0.3, 0.4) is 0 Å². The number of ether oxygens (including phenoxy) is 1. The Kier molecular flexibility index (Phi) is 8.47. The maximum atomic E-state index is 5.59. The zero-order valence-electron chi connectivity index (χ0n) is 7.40. The van der Waals surface area contributed by atoms with Gasteiger partial charge in [-0.3, -0.25) is 0 Å². The van der Waals surface area contributed by atoms with E-state index in [0.717, 1.165) is 26.2 Å². The molecule has 1 N–H and O–H groups in total. The zero-order chi connectivity index (χ0) is 8.53. The number of nitrogens with one attached hydrogen (secondary N) is 1. The van der Waals surface area contributed by atoms with Gasteiger partial charge in [0.1, 0.15) is 0 Å². The minimum Gasteiger partial charge on any atom is -0.380 e. The topological polar surface area (TPSA) is 21.3 Å². The molecule has 0 spiro atoms. The average Bonchev–Trinajstić information content (AvgIpc) is 2.04. The van der Waals surface area contributed by atoms with Crippen molar-refractivity contribution in [2.75, 3.05) is 25.6 Å². The molecular weight excluding hydrogens is 162 g/mol. The summed E-state index contributed by atoms with van der Waals surface area (Å²) in [5, 5.41) is 3.23. The Morgan fingerprint density at radius 2 is 2.18 bits per heavy atom. The second-order valence-electron chi connectivity index (χ2n) is 2.62. The summed E-state index contributed by atoms with van der Waals surface area (Å²) in [5.41, 5.74) is 0. The molecule has 0 fully saturated rings. The number of halogens is 1. The summed E-state index contributed by atoms with van der Waals surface area (Å²) in [4.78, 5) is 0. The Bertz CT molecular complexity index is 80.5. The van der Waals surface area contributed by atoms with Crippen molar-refractivity contribution in [1.29, 1.82) is 0 Å². The lowest BCUT2D eigenvalue weighted by atomic mass is 10.4. The molecular formula is C8H18ClNO. The smallest absolute Gasteiger partial charge is 0.0591 e. The van der Waals surface area contributed by atoms with Crippen LogP contribution in [0.4, 0.5) is 0 Å². The van der Waals surface area contributed by atoms with E-state index in [1.54, 1.807) is 0 Å². The van der Waals surface area contributed by atoms with Gasteiger partial charge in [0, 0.05) is 25.1 Å². The average molecular weight is 180 g/mol. The van der Waals surface area contributed by atoms with Gasteiger partial charge in [-0.25, -0.2) is 0 Å². The van der Waals surface area contributed by atoms with Crippen molar-refractivity contribution < 1.29 is 4.74 Å². The van der Waals surface area contributed by atoms with Crippen LogP contribution >= 0.6 is 11.6 Å². The molecule has 0 aromatic carbocycles. The predicted molar refractivity (Wildman–Crippen MR) is 49.3 cm³/mol. The fraction of sp³-hybridized carbons (Fsp3) is 1.00. The SMILES string of the molecule is CCCOCCNC(C)CCl. The molecule has 0 aromatic heterocycles. The quantitative estimate of drug-likeness (QED) is 0.474. The maximum absolute atomic E-state index is 5.59. The highest BCUT2D eigenvalue weighted by Crippen LogP contribution is 1.85. The van der Waals surface area contributed by atoms with E-state index < -0.39 is 0 Å². The van der Waals surface area contributed by atoms with E-state index in [2.05, 4.69) is 19.2 Å².